The van der Waals surface area contributed by atoms with Crippen molar-refractivity contribution in [2.45, 2.75) is 38.0 Å². The fourth-order valence-electron chi connectivity index (χ4n) is 4.37. The number of carbonyl (C=O) groups is 1. The van der Waals surface area contributed by atoms with Gasteiger partial charge in [-0.25, -0.2) is 4.98 Å². The minimum absolute atomic E-state index is 0.0527. The van der Waals surface area contributed by atoms with E-state index in [1.54, 1.807) is 12.1 Å². The molecule has 3 aromatic carbocycles. The van der Waals surface area contributed by atoms with E-state index in [0.29, 0.717) is 34.3 Å². The summed E-state index contributed by atoms with van der Waals surface area (Å²) >= 11 is 3.47. The maximum Gasteiger partial charge on any atom is 0.262 e. The van der Waals surface area contributed by atoms with Gasteiger partial charge in [-0.2, -0.15) is 0 Å². The quantitative estimate of drug-likeness (QED) is 0.298. The number of oxazole rings is 1. The van der Waals surface area contributed by atoms with Gasteiger partial charge in [0, 0.05) is 15.7 Å². The van der Waals surface area contributed by atoms with Crippen LogP contribution in [0.1, 0.15) is 43.6 Å². The Hall–Kier alpha value is -3.12. The van der Waals surface area contributed by atoms with Crippen molar-refractivity contribution in [3.05, 3.63) is 76.8 Å². The van der Waals surface area contributed by atoms with Crippen LogP contribution in [0.4, 0.5) is 5.69 Å². The summed E-state index contributed by atoms with van der Waals surface area (Å²) < 4.78 is 12.5. The maximum absolute atomic E-state index is 12.4. The Labute approximate surface area is 201 Å². The van der Waals surface area contributed by atoms with Crippen LogP contribution in [0.3, 0.4) is 0 Å². The van der Waals surface area contributed by atoms with Crippen molar-refractivity contribution in [1.82, 2.24) is 4.98 Å². The zero-order valence-electron chi connectivity index (χ0n) is 18.2. The highest BCUT2D eigenvalue weighted by molar-refractivity contribution is 9.10. The molecule has 1 saturated carbocycles. The first kappa shape index (κ1) is 21.7. The minimum atomic E-state index is -0.221. The van der Waals surface area contributed by atoms with Crippen molar-refractivity contribution in [2.24, 2.45) is 0 Å². The van der Waals surface area contributed by atoms with Crippen molar-refractivity contribution < 1.29 is 13.9 Å². The number of benzene rings is 3. The molecule has 0 saturated heterocycles. The molecule has 0 unspecified atom stereocenters. The lowest BCUT2D eigenvalue weighted by Crippen LogP contribution is -2.20. The summed E-state index contributed by atoms with van der Waals surface area (Å²) in [6.45, 7) is -0.0527. The molecular weight excluding hydrogens is 480 g/mol. The van der Waals surface area contributed by atoms with Crippen LogP contribution < -0.4 is 10.1 Å². The van der Waals surface area contributed by atoms with Gasteiger partial charge >= 0.3 is 0 Å². The van der Waals surface area contributed by atoms with E-state index >= 15 is 0 Å². The minimum Gasteiger partial charge on any atom is -0.484 e. The number of ether oxygens (including phenoxy) is 1. The average Bonchev–Trinajstić information content (AvgIpc) is 3.27. The zero-order chi connectivity index (χ0) is 22.6. The first-order valence-electron chi connectivity index (χ1n) is 11.3. The molecule has 0 bridgehead atoms. The molecular formula is C27H25BrN2O3. The SMILES string of the molecule is O=C(COc1ccc(C2CCCCC2)cc1)Nc1ccc2oc(-c3cccc(Br)c3)nc2c1. The summed E-state index contributed by atoms with van der Waals surface area (Å²) in [5.74, 6) is 1.68. The Kier molecular flexibility index (Phi) is 6.44. The second-order valence-corrected chi connectivity index (χ2v) is 9.37. The topological polar surface area (TPSA) is 64.4 Å². The zero-order valence-corrected chi connectivity index (χ0v) is 19.8. The summed E-state index contributed by atoms with van der Waals surface area (Å²) in [5.41, 5.74) is 4.25. The predicted molar refractivity (Wildman–Crippen MR) is 134 cm³/mol. The van der Waals surface area contributed by atoms with E-state index in [9.17, 15) is 4.79 Å². The number of carbonyl (C=O) groups excluding carboxylic acids is 1. The number of hydrogen-bond donors (Lipinski definition) is 1. The van der Waals surface area contributed by atoms with Gasteiger partial charge in [0.25, 0.3) is 5.91 Å². The second kappa shape index (κ2) is 9.79. The molecule has 168 valence electrons. The second-order valence-electron chi connectivity index (χ2n) is 8.45. The normalized spacial score (nSPS) is 14.3. The highest BCUT2D eigenvalue weighted by Crippen LogP contribution is 2.33. The predicted octanol–water partition coefficient (Wildman–Crippen LogP) is 7.32. The van der Waals surface area contributed by atoms with Gasteiger partial charge in [-0.3, -0.25) is 4.79 Å². The van der Waals surface area contributed by atoms with Crippen LogP contribution in [-0.4, -0.2) is 17.5 Å². The Morgan fingerprint density at radius 1 is 1.03 bits per heavy atom. The van der Waals surface area contributed by atoms with E-state index < -0.39 is 0 Å². The monoisotopic (exact) mass is 504 g/mol. The smallest absolute Gasteiger partial charge is 0.262 e. The Balaban J connectivity index is 1.19. The lowest BCUT2D eigenvalue weighted by Gasteiger charge is -2.22. The van der Waals surface area contributed by atoms with Crippen molar-refractivity contribution in [2.75, 3.05) is 11.9 Å². The molecule has 1 aliphatic rings. The third-order valence-electron chi connectivity index (χ3n) is 6.07. The summed E-state index contributed by atoms with van der Waals surface area (Å²) in [6.07, 6.45) is 6.51. The standard InChI is InChI=1S/C27H25BrN2O3/c28-21-8-4-7-20(15-21)27-30-24-16-22(11-14-25(24)33-27)29-26(31)17-32-23-12-9-19(10-13-23)18-5-2-1-3-6-18/h4,7-16,18H,1-3,5-6,17H2,(H,29,31). The van der Waals surface area contributed by atoms with Crippen LogP contribution in [0, 0.1) is 0 Å². The molecule has 6 heteroatoms. The third kappa shape index (κ3) is 5.28. The number of nitrogens with one attached hydrogen (secondary N) is 1. The molecule has 1 fully saturated rings. The summed E-state index contributed by atoms with van der Waals surface area (Å²) in [5, 5.41) is 2.87. The van der Waals surface area contributed by atoms with E-state index in [4.69, 9.17) is 9.15 Å². The Morgan fingerprint density at radius 3 is 2.64 bits per heavy atom. The molecule has 0 radical (unpaired) electrons. The molecule has 1 amide bonds. The molecule has 1 N–H and O–H groups in total. The van der Waals surface area contributed by atoms with Crippen LogP contribution in [0.2, 0.25) is 0 Å². The Morgan fingerprint density at radius 2 is 1.85 bits per heavy atom. The van der Waals surface area contributed by atoms with E-state index in [1.165, 1.54) is 37.7 Å². The number of hydrogen-bond acceptors (Lipinski definition) is 4. The van der Waals surface area contributed by atoms with Gasteiger partial charge in [0.05, 0.1) is 0 Å². The summed E-state index contributed by atoms with van der Waals surface area (Å²) in [7, 11) is 0. The molecule has 5 nitrogen and oxygen atoms in total. The molecule has 1 aliphatic carbocycles. The van der Waals surface area contributed by atoms with Crippen LogP contribution in [0.5, 0.6) is 5.75 Å². The van der Waals surface area contributed by atoms with Crippen molar-refractivity contribution in [3.8, 4) is 17.2 Å². The summed E-state index contributed by atoms with van der Waals surface area (Å²) in [6, 6.07) is 21.4. The molecule has 0 aliphatic heterocycles. The number of fused-ring (bicyclic) bond motifs is 1. The summed E-state index contributed by atoms with van der Waals surface area (Å²) in [4.78, 5) is 17.0. The van der Waals surface area contributed by atoms with Crippen molar-refractivity contribution in [3.63, 3.8) is 0 Å². The molecule has 4 aromatic rings. The molecule has 33 heavy (non-hydrogen) atoms. The van der Waals surface area contributed by atoms with Gasteiger partial charge in [0.2, 0.25) is 5.89 Å². The van der Waals surface area contributed by atoms with Gasteiger partial charge < -0.3 is 14.5 Å². The van der Waals surface area contributed by atoms with E-state index in [-0.39, 0.29) is 12.5 Å². The number of nitrogens with zero attached hydrogens (tertiary/aromatic N) is 1. The van der Waals surface area contributed by atoms with Crippen LogP contribution >= 0.6 is 15.9 Å². The van der Waals surface area contributed by atoms with E-state index in [1.807, 2.05) is 42.5 Å². The molecule has 0 atom stereocenters. The number of halogens is 1. The highest BCUT2D eigenvalue weighted by atomic mass is 79.9. The number of anilines is 1. The van der Waals surface area contributed by atoms with Crippen LogP contribution in [-0.2, 0) is 4.79 Å². The van der Waals surface area contributed by atoms with Gasteiger partial charge in [0.1, 0.15) is 11.3 Å². The number of aromatic nitrogens is 1. The molecule has 1 heterocycles. The van der Waals surface area contributed by atoms with Crippen LogP contribution in [0.25, 0.3) is 22.6 Å². The van der Waals surface area contributed by atoms with E-state index in [0.717, 1.165) is 10.0 Å². The number of amides is 1. The van der Waals surface area contributed by atoms with Crippen molar-refractivity contribution >= 4 is 38.6 Å². The van der Waals surface area contributed by atoms with Gasteiger partial charge in [-0.15, -0.1) is 0 Å². The number of rotatable bonds is 6. The molecule has 5 rings (SSSR count). The largest absolute Gasteiger partial charge is 0.484 e. The molecule has 1 aromatic heterocycles. The van der Waals surface area contributed by atoms with Gasteiger partial charge in [-0.05, 0) is 72.9 Å². The average molecular weight is 505 g/mol. The Bertz CT molecular complexity index is 1260. The first-order chi connectivity index (χ1) is 16.1. The highest BCUT2D eigenvalue weighted by Gasteiger charge is 2.15. The third-order valence-corrected chi connectivity index (χ3v) is 6.56. The van der Waals surface area contributed by atoms with Gasteiger partial charge in [-0.1, -0.05) is 53.4 Å². The van der Waals surface area contributed by atoms with Gasteiger partial charge in [0.15, 0.2) is 12.2 Å². The fraction of sp³-hybridized carbons (Fsp3) is 0.259. The van der Waals surface area contributed by atoms with Crippen LogP contribution in [0.15, 0.2) is 75.6 Å². The first-order valence-corrected chi connectivity index (χ1v) is 12.1. The van der Waals surface area contributed by atoms with E-state index in [2.05, 4.69) is 38.4 Å². The van der Waals surface area contributed by atoms with Crippen molar-refractivity contribution in [1.29, 1.82) is 0 Å². The maximum atomic E-state index is 12.4. The lowest BCUT2D eigenvalue weighted by molar-refractivity contribution is -0.118. The fourth-order valence-corrected chi connectivity index (χ4v) is 4.77. The molecule has 0 spiro atoms. The lowest BCUT2D eigenvalue weighted by atomic mass is 9.84.